The van der Waals surface area contributed by atoms with Crippen LogP contribution >= 0.6 is 0 Å². The lowest BCUT2D eigenvalue weighted by molar-refractivity contribution is -0.156. The molecule has 3 rings (SSSR count). The third-order valence-corrected chi connectivity index (χ3v) is 5.68. The molecule has 0 aliphatic carbocycles. The Morgan fingerprint density at radius 1 is 1.26 bits per heavy atom. The smallest absolute Gasteiger partial charge is 0.242 e. The molecule has 3 fully saturated rings. The number of nitrogens with two attached hydrogens (primary N) is 1. The number of likely N-dealkylation sites (tertiary alicyclic amines) is 1. The zero-order valence-corrected chi connectivity index (χ0v) is 14.2. The molecule has 0 aromatic carbocycles. The molecule has 6 nitrogen and oxygen atoms in total. The second-order valence-electron chi connectivity index (χ2n) is 7.44. The molecule has 0 unspecified atom stereocenters. The molecule has 1 spiro atoms. The summed E-state index contributed by atoms with van der Waals surface area (Å²) in [4.78, 5) is 14.5. The Morgan fingerprint density at radius 2 is 1.91 bits per heavy atom. The van der Waals surface area contributed by atoms with E-state index >= 15 is 0 Å². The molecular formula is C17H30N2O4. The van der Waals surface area contributed by atoms with E-state index in [0.29, 0.717) is 17.9 Å². The molecule has 3 aliphatic rings. The molecule has 23 heavy (non-hydrogen) atoms. The lowest BCUT2D eigenvalue weighted by Gasteiger charge is -2.47. The van der Waals surface area contributed by atoms with Gasteiger partial charge in [-0.05, 0) is 38.5 Å². The van der Waals surface area contributed by atoms with Crippen LogP contribution in [-0.2, 0) is 19.0 Å². The molecule has 2 N–H and O–H groups in total. The van der Waals surface area contributed by atoms with Crippen molar-refractivity contribution in [1.29, 1.82) is 0 Å². The molecule has 0 radical (unpaired) electrons. The number of nitrogens with zero attached hydrogens (tertiary/aromatic N) is 1. The van der Waals surface area contributed by atoms with E-state index in [1.807, 2.05) is 11.8 Å². The SMILES string of the molecule is C[C@@H](OCC1CCOCC1)[C@H](N)C(=O)N1CCC2(CC1)COC2. The van der Waals surface area contributed by atoms with Gasteiger partial charge in [0.25, 0.3) is 0 Å². The second-order valence-corrected chi connectivity index (χ2v) is 7.44. The van der Waals surface area contributed by atoms with Crippen molar-refractivity contribution < 1.29 is 19.0 Å². The van der Waals surface area contributed by atoms with Crippen LogP contribution in [0.25, 0.3) is 0 Å². The van der Waals surface area contributed by atoms with Crippen LogP contribution in [0.4, 0.5) is 0 Å². The average Bonchev–Trinajstić information content (AvgIpc) is 2.58. The van der Waals surface area contributed by atoms with Crippen LogP contribution in [0.2, 0.25) is 0 Å². The van der Waals surface area contributed by atoms with Gasteiger partial charge in [0, 0.05) is 31.7 Å². The van der Waals surface area contributed by atoms with Crippen molar-refractivity contribution in [2.45, 2.75) is 44.8 Å². The molecular weight excluding hydrogens is 296 g/mol. The number of piperidine rings is 1. The number of carbonyl (C=O) groups excluding carboxylic acids is 1. The van der Waals surface area contributed by atoms with Crippen LogP contribution in [0, 0.1) is 11.3 Å². The van der Waals surface area contributed by atoms with Gasteiger partial charge in [-0.1, -0.05) is 0 Å². The molecule has 3 heterocycles. The van der Waals surface area contributed by atoms with Crippen molar-refractivity contribution in [3.8, 4) is 0 Å². The number of amides is 1. The van der Waals surface area contributed by atoms with Crippen LogP contribution in [0.5, 0.6) is 0 Å². The van der Waals surface area contributed by atoms with Gasteiger partial charge in [0.2, 0.25) is 5.91 Å². The van der Waals surface area contributed by atoms with E-state index in [9.17, 15) is 4.79 Å². The van der Waals surface area contributed by atoms with Crippen LogP contribution in [-0.4, -0.2) is 69.1 Å². The number of hydrogen-bond donors (Lipinski definition) is 1. The predicted octanol–water partition coefficient (Wildman–Crippen LogP) is 0.784. The number of carbonyl (C=O) groups is 1. The van der Waals surface area contributed by atoms with Crippen LogP contribution in [0.1, 0.15) is 32.6 Å². The molecule has 0 aromatic heterocycles. The quantitative estimate of drug-likeness (QED) is 0.808. The molecule has 1 amide bonds. The van der Waals surface area contributed by atoms with Gasteiger partial charge in [0.1, 0.15) is 6.04 Å². The summed E-state index contributed by atoms with van der Waals surface area (Å²) in [5.74, 6) is 0.557. The fourth-order valence-electron chi connectivity index (χ4n) is 3.60. The summed E-state index contributed by atoms with van der Waals surface area (Å²) in [6.07, 6.45) is 3.89. The number of hydrogen-bond acceptors (Lipinski definition) is 5. The Morgan fingerprint density at radius 3 is 2.48 bits per heavy atom. The first-order valence-electron chi connectivity index (χ1n) is 8.91. The zero-order chi connectivity index (χ0) is 16.3. The van der Waals surface area contributed by atoms with E-state index in [1.165, 1.54) is 0 Å². The first kappa shape index (κ1) is 17.1. The summed E-state index contributed by atoms with van der Waals surface area (Å²) in [7, 11) is 0. The van der Waals surface area contributed by atoms with Crippen molar-refractivity contribution in [2.24, 2.45) is 17.1 Å². The topological polar surface area (TPSA) is 74.0 Å². The van der Waals surface area contributed by atoms with E-state index in [2.05, 4.69) is 0 Å². The monoisotopic (exact) mass is 326 g/mol. The van der Waals surface area contributed by atoms with Crippen molar-refractivity contribution in [3.05, 3.63) is 0 Å². The van der Waals surface area contributed by atoms with Gasteiger partial charge in [0.15, 0.2) is 0 Å². The lowest BCUT2D eigenvalue weighted by Crippen LogP contribution is -2.56. The van der Waals surface area contributed by atoms with E-state index < -0.39 is 6.04 Å². The predicted molar refractivity (Wildman–Crippen MR) is 86.0 cm³/mol. The van der Waals surface area contributed by atoms with Crippen LogP contribution in [0.3, 0.4) is 0 Å². The molecule has 6 heteroatoms. The molecule has 0 bridgehead atoms. The molecule has 0 aromatic rings. The fourth-order valence-corrected chi connectivity index (χ4v) is 3.60. The highest BCUT2D eigenvalue weighted by Crippen LogP contribution is 2.38. The maximum Gasteiger partial charge on any atom is 0.242 e. The maximum absolute atomic E-state index is 12.6. The van der Waals surface area contributed by atoms with Crippen molar-refractivity contribution in [3.63, 3.8) is 0 Å². The van der Waals surface area contributed by atoms with Crippen molar-refractivity contribution in [1.82, 2.24) is 4.90 Å². The van der Waals surface area contributed by atoms with Gasteiger partial charge in [-0.15, -0.1) is 0 Å². The summed E-state index contributed by atoms with van der Waals surface area (Å²) < 4.78 is 16.6. The van der Waals surface area contributed by atoms with E-state index in [4.69, 9.17) is 19.9 Å². The van der Waals surface area contributed by atoms with Gasteiger partial charge >= 0.3 is 0 Å². The summed E-state index contributed by atoms with van der Waals surface area (Å²) in [5.41, 5.74) is 6.50. The Kier molecular flexibility index (Phi) is 5.57. The first-order valence-corrected chi connectivity index (χ1v) is 8.91. The highest BCUT2D eigenvalue weighted by Gasteiger charge is 2.42. The first-order chi connectivity index (χ1) is 11.1. The van der Waals surface area contributed by atoms with E-state index in [0.717, 1.165) is 65.2 Å². The highest BCUT2D eigenvalue weighted by atomic mass is 16.5. The molecule has 3 aliphatic heterocycles. The van der Waals surface area contributed by atoms with Crippen molar-refractivity contribution >= 4 is 5.91 Å². The van der Waals surface area contributed by atoms with Crippen LogP contribution < -0.4 is 5.73 Å². The van der Waals surface area contributed by atoms with Gasteiger partial charge in [0.05, 0.1) is 25.9 Å². The van der Waals surface area contributed by atoms with E-state index in [1.54, 1.807) is 0 Å². The molecule has 0 saturated carbocycles. The molecule has 3 saturated heterocycles. The normalized spacial score (nSPS) is 27.5. The molecule has 132 valence electrons. The zero-order valence-electron chi connectivity index (χ0n) is 14.2. The maximum atomic E-state index is 12.6. The minimum Gasteiger partial charge on any atom is -0.381 e. The second kappa shape index (κ2) is 7.47. The summed E-state index contributed by atoms with van der Waals surface area (Å²) >= 11 is 0. The van der Waals surface area contributed by atoms with Gasteiger partial charge in [-0.3, -0.25) is 4.79 Å². The summed E-state index contributed by atoms with van der Waals surface area (Å²) in [6.45, 7) is 7.50. The number of ether oxygens (including phenoxy) is 3. The minimum atomic E-state index is -0.568. The Bertz CT molecular complexity index is 397. The lowest BCUT2D eigenvalue weighted by atomic mass is 9.77. The van der Waals surface area contributed by atoms with E-state index in [-0.39, 0.29) is 12.0 Å². The Labute approximate surface area is 138 Å². The summed E-state index contributed by atoms with van der Waals surface area (Å²) in [5, 5.41) is 0. The van der Waals surface area contributed by atoms with Crippen LogP contribution in [0.15, 0.2) is 0 Å². The average molecular weight is 326 g/mol. The third-order valence-electron chi connectivity index (χ3n) is 5.68. The largest absolute Gasteiger partial charge is 0.381 e. The third kappa shape index (κ3) is 4.05. The highest BCUT2D eigenvalue weighted by molar-refractivity contribution is 5.82. The van der Waals surface area contributed by atoms with Gasteiger partial charge in [-0.25, -0.2) is 0 Å². The minimum absolute atomic E-state index is 0.0274. The Balaban J connectivity index is 1.41. The van der Waals surface area contributed by atoms with Gasteiger partial charge < -0.3 is 24.8 Å². The summed E-state index contributed by atoms with van der Waals surface area (Å²) in [6, 6.07) is -0.568. The Hall–Kier alpha value is -0.690. The van der Waals surface area contributed by atoms with Gasteiger partial charge in [-0.2, -0.15) is 0 Å². The standard InChI is InChI=1S/C17H30N2O4/c1-13(23-10-14-2-8-21-9-3-14)15(18)16(20)19-6-4-17(5-7-19)11-22-12-17/h13-15H,2-12,18H2,1H3/t13-,15+/m1/s1. The molecule has 2 atom stereocenters. The number of rotatable bonds is 5. The fraction of sp³-hybridized carbons (Fsp3) is 0.941. The van der Waals surface area contributed by atoms with Crippen molar-refractivity contribution in [2.75, 3.05) is 46.1 Å².